The Bertz CT molecular complexity index is 1260. The van der Waals surface area contributed by atoms with E-state index in [0.29, 0.717) is 28.6 Å². The van der Waals surface area contributed by atoms with Gasteiger partial charge in [-0.05, 0) is 67.9 Å². The van der Waals surface area contributed by atoms with Crippen LogP contribution in [-0.4, -0.2) is 41.6 Å². The van der Waals surface area contributed by atoms with E-state index in [4.69, 9.17) is 4.74 Å². The van der Waals surface area contributed by atoms with Gasteiger partial charge in [0.15, 0.2) is 15.5 Å². The van der Waals surface area contributed by atoms with E-state index in [9.17, 15) is 8.42 Å². The van der Waals surface area contributed by atoms with Gasteiger partial charge >= 0.3 is 0 Å². The van der Waals surface area contributed by atoms with Gasteiger partial charge in [-0.3, -0.25) is 4.90 Å². The maximum absolute atomic E-state index is 12.9. The standard InChI is InChI=1S/C24H23N3O3S2/c28-32(29,20-5-2-1-3-6-20)21-12-15-27(16-13-21)17-18-8-10-19(11-9-18)30-24-26-23-22(31-24)7-4-14-25-23/h1-11,14,21H,12-13,15-17H2. The summed E-state index contributed by atoms with van der Waals surface area (Å²) in [5, 5.41) is 0.272. The molecule has 0 bridgehead atoms. The molecule has 0 atom stereocenters. The molecule has 1 aliphatic rings. The predicted molar refractivity (Wildman–Crippen MR) is 126 cm³/mol. The van der Waals surface area contributed by atoms with Gasteiger partial charge in [-0.2, -0.15) is 4.98 Å². The summed E-state index contributed by atoms with van der Waals surface area (Å²) in [6.07, 6.45) is 3.04. The van der Waals surface area contributed by atoms with E-state index >= 15 is 0 Å². The quantitative estimate of drug-likeness (QED) is 0.402. The molecule has 1 aliphatic heterocycles. The molecule has 1 saturated heterocycles. The molecule has 0 saturated carbocycles. The van der Waals surface area contributed by atoms with Gasteiger partial charge in [-0.15, -0.1) is 0 Å². The van der Waals surface area contributed by atoms with Crippen molar-refractivity contribution in [3.8, 4) is 10.9 Å². The van der Waals surface area contributed by atoms with Gasteiger partial charge in [0.2, 0.25) is 0 Å². The van der Waals surface area contributed by atoms with Crippen LogP contribution in [0.4, 0.5) is 0 Å². The van der Waals surface area contributed by atoms with Gasteiger partial charge < -0.3 is 4.74 Å². The number of sulfone groups is 1. The van der Waals surface area contributed by atoms with Crippen LogP contribution < -0.4 is 4.74 Å². The highest BCUT2D eigenvalue weighted by molar-refractivity contribution is 7.92. The Morgan fingerprint density at radius 3 is 2.44 bits per heavy atom. The summed E-state index contributed by atoms with van der Waals surface area (Å²) >= 11 is 1.47. The molecule has 0 N–H and O–H groups in total. The zero-order valence-corrected chi connectivity index (χ0v) is 19.1. The summed E-state index contributed by atoms with van der Waals surface area (Å²) in [6, 6.07) is 20.6. The number of piperidine rings is 1. The Morgan fingerprint density at radius 1 is 0.969 bits per heavy atom. The van der Waals surface area contributed by atoms with Crippen LogP contribution in [0.25, 0.3) is 10.3 Å². The van der Waals surface area contributed by atoms with Crippen molar-refractivity contribution in [2.24, 2.45) is 0 Å². The average molecular weight is 466 g/mol. The fourth-order valence-corrected chi connectivity index (χ4v) is 6.54. The lowest BCUT2D eigenvalue weighted by Crippen LogP contribution is -2.38. The first-order chi connectivity index (χ1) is 15.6. The van der Waals surface area contributed by atoms with E-state index in [1.54, 1.807) is 30.5 Å². The molecule has 8 heteroatoms. The summed E-state index contributed by atoms with van der Waals surface area (Å²) < 4.78 is 32.6. The van der Waals surface area contributed by atoms with Crippen molar-refractivity contribution in [3.05, 3.63) is 78.5 Å². The zero-order valence-electron chi connectivity index (χ0n) is 17.4. The maximum atomic E-state index is 12.9. The van der Waals surface area contributed by atoms with Gasteiger partial charge in [-0.1, -0.05) is 41.7 Å². The van der Waals surface area contributed by atoms with Crippen molar-refractivity contribution < 1.29 is 13.2 Å². The second-order valence-electron chi connectivity index (χ2n) is 7.88. The highest BCUT2D eigenvalue weighted by atomic mass is 32.2. The van der Waals surface area contributed by atoms with Crippen LogP contribution >= 0.6 is 11.3 Å². The van der Waals surface area contributed by atoms with Crippen molar-refractivity contribution >= 4 is 31.5 Å². The van der Waals surface area contributed by atoms with E-state index < -0.39 is 9.84 Å². The monoisotopic (exact) mass is 465 g/mol. The van der Waals surface area contributed by atoms with E-state index in [1.807, 2.05) is 42.5 Å². The summed E-state index contributed by atoms with van der Waals surface area (Å²) in [7, 11) is -3.26. The van der Waals surface area contributed by atoms with Crippen LogP contribution in [0.3, 0.4) is 0 Å². The molecule has 4 aromatic rings. The Labute approximate surface area is 191 Å². The largest absolute Gasteiger partial charge is 0.431 e. The minimum absolute atomic E-state index is 0.305. The summed E-state index contributed by atoms with van der Waals surface area (Å²) in [5.74, 6) is 0.737. The number of benzene rings is 2. The molecule has 5 rings (SSSR count). The molecule has 3 heterocycles. The predicted octanol–water partition coefficient (Wildman–Crippen LogP) is 4.92. The molecule has 0 radical (unpaired) electrons. The third-order valence-electron chi connectivity index (χ3n) is 5.73. The molecule has 6 nitrogen and oxygen atoms in total. The zero-order chi connectivity index (χ0) is 22.0. The minimum atomic E-state index is -3.26. The van der Waals surface area contributed by atoms with Crippen LogP contribution in [0.5, 0.6) is 10.9 Å². The number of pyridine rings is 1. The Hall–Kier alpha value is -2.81. The highest BCUT2D eigenvalue weighted by Gasteiger charge is 2.31. The summed E-state index contributed by atoms with van der Waals surface area (Å²) in [5.41, 5.74) is 1.87. The molecule has 2 aromatic carbocycles. The second kappa shape index (κ2) is 8.97. The van der Waals surface area contributed by atoms with E-state index in [2.05, 4.69) is 14.9 Å². The van der Waals surface area contributed by atoms with Crippen molar-refractivity contribution in [2.75, 3.05) is 13.1 Å². The lowest BCUT2D eigenvalue weighted by Gasteiger charge is -2.31. The summed E-state index contributed by atoms with van der Waals surface area (Å²) in [4.78, 5) is 11.4. The molecule has 0 amide bonds. The van der Waals surface area contributed by atoms with E-state index in [0.717, 1.165) is 30.1 Å². The third kappa shape index (κ3) is 4.53. The van der Waals surface area contributed by atoms with Crippen molar-refractivity contribution in [1.29, 1.82) is 0 Å². The molecular formula is C24H23N3O3S2. The van der Waals surface area contributed by atoms with E-state index in [-0.39, 0.29) is 5.25 Å². The van der Waals surface area contributed by atoms with Crippen LogP contribution in [-0.2, 0) is 16.4 Å². The maximum Gasteiger partial charge on any atom is 0.281 e. The lowest BCUT2D eigenvalue weighted by molar-refractivity contribution is 0.222. The molecule has 164 valence electrons. The van der Waals surface area contributed by atoms with Gasteiger partial charge in [0.1, 0.15) is 5.75 Å². The van der Waals surface area contributed by atoms with Crippen LogP contribution in [0, 0.1) is 0 Å². The minimum Gasteiger partial charge on any atom is -0.431 e. The number of hydrogen-bond donors (Lipinski definition) is 0. The molecule has 0 spiro atoms. The summed E-state index contributed by atoms with van der Waals surface area (Å²) in [6.45, 7) is 2.34. The molecule has 0 unspecified atom stereocenters. The Kier molecular flexibility index (Phi) is 5.91. The second-order valence-corrected chi connectivity index (χ2v) is 11.1. The first-order valence-corrected chi connectivity index (χ1v) is 12.9. The molecule has 2 aromatic heterocycles. The molecule has 0 aliphatic carbocycles. The SMILES string of the molecule is O=S(=O)(c1ccccc1)C1CCN(Cc2ccc(Oc3nc4ncccc4s3)cc2)CC1. The van der Waals surface area contributed by atoms with Crippen molar-refractivity contribution in [2.45, 2.75) is 29.5 Å². The Morgan fingerprint density at radius 2 is 1.72 bits per heavy atom. The Balaban J connectivity index is 1.17. The van der Waals surface area contributed by atoms with Gasteiger partial charge in [-0.25, -0.2) is 13.4 Å². The van der Waals surface area contributed by atoms with Crippen LogP contribution in [0.15, 0.2) is 77.8 Å². The smallest absolute Gasteiger partial charge is 0.281 e. The number of fused-ring (bicyclic) bond motifs is 1. The van der Waals surface area contributed by atoms with Crippen LogP contribution in [0.1, 0.15) is 18.4 Å². The number of ether oxygens (including phenoxy) is 1. The number of hydrogen-bond acceptors (Lipinski definition) is 7. The van der Waals surface area contributed by atoms with Gasteiger partial charge in [0, 0.05) is 12.7 Å². The molecular weight excluding hydrogens is 442 g/mol. The first kappa shape index (κ1) is 21.1. The number of thiazole rings is 1. The molecule has 32 heavy (non-hydrogen) atoms. The van der Waals surface area contributed by atoms with Crippen molar-refractivity contribution in [3.63, 3.8) is 0 Å². The topological polar surface area (TPSA) is 72.4 Å². The van der Waals surface area contributed by atoms with Crippen molar-refractivity contribution in [1.82, 2.24) is 14.9 Å². The molecule has 1 fully saturated rings. The lowest BCUT2D eigenvalue weighted by atomic mass is 10.1. The normalized spacial score (nSPS) is 15.8. The first-order valence-electron chi connectivity index (χ1n) is 10.6. The average Bonchev–Trinajstić information content (AvgIpc) is 3.24. The van der Waals surface area contributed by atoms with Gasteiger partial charge in [0.25, 0.3) is 5.19 Å². The van der Waals surface area contributed by atoms with Gasteiger partial charge in [0.05, 0.1) is 14.8 Å². The number of aromatic nitrogens is 2. The third-order valence-corrected chi connectivity index (χ3v) is 8.89. The number of rotatable bonds is 6. The van der Waals surface area contributed by atoms with Crippen LogP contribution in [0.2, 0.25) is 0 Å². The number of nitrogens with zero attached hydrogens (tertiary/aromatic N) is 3. The number of likely N-dealkylation sites (tertiary alicyclic amines) is 1. The highest BCUT2D eigenvalue weighted by Crippen LogP contribution is 2.30. The fourth-order valence-electron chi connectivity index (χ4n) is 4.00. The fraction of sp³-hybridized carbons (Fsp3) is 0.250. The van der Waals surface area contributed by atoms with E-state index in [1.165, 1.54) is 16.9 Å².